The van der Waals surface area contributed by atoms with Crippen LogP contribution in [-0.2, 0) is 16.0 Å². The van der Waals surface area contributed by atoms with Crippen molar-refractivity contribution in [2.24, 2.45) is 0 Å². The van der Waals surface area contributed by atoms with E-state index >= 15 is 0 Å². The molecule has 25 heavy (non-hydrogen) atoms. The lowest BCUT2D eigenvalue weighted by molar-refractivity contribution is -0.138. The number of aromatic nitrogens is 1. The summed E-state index contributed by atoms with van der Waals surface area (Å²) in [6, 6.07) is 10.6. The Labute approximate surface area is 145 Å². The van der Waals surface area contributed by atoms with E-state index in [0.717, 1.165) is 11.1 Å². The molecule has 1 aromatic carbocycles. The number of benzene rings is 1. The molecule has 0 aliphatic heterocycles. The maximum absolute atomic E-state index is 11.7. The standard InChI is InChI=1S/C19H18N2O4/c1-12-13(11-20)3-2-4-15(12)16-8-9-18(23)17(21-16)7-5-14(22)6-10-19(24)25/h2-4,8-9,23H,5-7,10H2,1H3,(H,24,25). The Bertz CT molecular complexity index is 853. The van der Waals surface area contributed by atoms with E-state index in [1.54, 1.807) is 18.2 Å². The molecule has 6 heteroatoms. The summed E-state index contributed by atoms with van der Waals surface area (Å²) in [6.07, 6.45) is 0.126. The Balaban J connectivity index is 2.20. The van der Waals surface area contributed by atoms with Crippen molar-refractivity contribution in [2.75, 3.05) is 0 Å². The number of ketones is 1. The van der Waals surface area contributed by atoms with Crippen LogP contribution in [0.3, 0.4) is 0 Å². The minimum absolute atomic E-state index is 0.0103. The van der Waals surface area contributed by atoms with Crippen LogP contribution in [0.5, 0.6) is 5.75 Å². The monoisotopic (exact) mass is 338 g/mol. The number of hydrogen-bond donors (Lipinski definition) is 2. The molecule has 2 rings (SSSR count). The fraction of sp³-hybridized carbons (Fsp3) is 0.263. The first-order valence-electron chi connectivity index (χ1n) is 7.85. The Morgan fingerprint density at radius 1 is 1.16 bits per heavy atom. The zero-order chi connectivity index (χ0) is 18.4. The summed E-state index contributed by atoms with van der Waals surface area (Å²) >= 11 is 0. The molecule has 0 amide bonds. The molecule has 0 saturated heterocycles. The highest BCUT2D eigenvalue weighted by atomic mass is 16.4. The van der Waals surface area contributed by atoms with Crippen molar-refractivity contribution in [1.82, 2.24) is 4.98 Å². The SMILES string of the molecule is Cc1c(C#N)cccc1-c1ccc(O)c(CCC(=O)CCC(=O)O)n1. The van der Waals surface area contributed by atoms with Gasteiger partial charge in [0.25, 0.3) is 0 Å². The van der Waals surface area contributed by atoms with E-state index in [2.05, 4.69) is 11.1 Å². The quantitative estimate of drug-likeness (QED) is 0.802. The fourth-order valence-electron chi connectivity index (χ4n) is 2.49. The van der Waals surface area contributed by atoms with Gasteiger partial charge in [-0.2, -0.15) is 5.26 Å². The molecule has 2 aromatic rings. The number of Topliss-reactive ketones (excluding diaryl/α,β-unsaturated/α-hetero) is 1. The highest BCUT2D eigenvalue weighted by Crippen LogP contribution is 2.27. The maximum atomic E-state index is 11.7. The topological polar surface area (TPSA) is 111 Å². The number of aliphatic carboxylic acids is 1. The van der Waals surface area contributed by atoms with Gasteiger partial charge in [0.2, 0.25) is 0 Å². The lowest BCUT2D eigenvalue weighted by Gasteiger charge is -2.10. The first-order valence-corrected chi connectivity index (χ1v) is 7.85. The van der Waals surface area contributed by atoms with E-state index < -0.39 is 5.97 Å². The molecule has 0 spiro atoms. The smallest absolute Gasteiger partial charge is 0.303 e. The molecule has 0 radical (unpaired) electrons. The third-order valence-electron chi connectivity index (χ3n) is 3.94. The predicted molar refractivity (Wildman–Crippen MR) is 91.0 cm³/mol. The highest BCUT2D eigenvalue weighted by Gasteiger charge is 2.12. The molecule has 0 saturated carbocycles. The Morgan fingerprint density at radius 2 is 1.92 bits per heavy atom. The van der Waals surface area contributed by atoms with Crippen LogP contribution in [0.1, 0.15) is 36.1 Å². The molecule has 2 N–H and O–H groups in total. The van der Waals surface area contributed by atoms with Gasteiger partial charge in [0.05, 0.1) is 29.4 Å². The second-order valence-corrected chi connectivity index (χ2v) is 5.68. The second-order valence-electron chi connectivity index (χ2n) is 5.68. The molecular weight excluding hydrogens is 320 g/mol. The number of carbonyl (C=O) groups excluding carboxylic acids is 1. The van der Waals surface area contributed by atoms with E-state index in [1.165, 1.54) is 6.07 Å². The molecule has 0 unspecified atom stereocenters. The third kappa shape index (κ3) is 4.64. The second kappa shape index (κ2) is 8.06. The number of carbonyl (C=O) groups is 2. The average molecular weight is 338 g/mol. The van der Waals surface area contributed by atoms with Crippen LogP contribution >= 0.6 is 0 Å². The van der Waals surface area contributed by atoms with Crippen molar-refractivity contribution >= 4 is 11.8 Å². The summed E-state index contributed by atoms with van der Waals surface area (Å²) in [5.74, 6) is -1.20. The molecule has 0 fully saturated rings. The van der Waals surface area contributed by atoms with E-state index in [1.807, 2.05) is 13.0 Å². The van der Waals surface area contributed by atoms with Crippen LogP contribution in [0.25, 0.3) is 11.3 Å². The molecular formula is C19H18N2O4. The zero-order valence-electron chi connectivity index (χ0n) is 13.8. The van der Waals surface area contributed by atoms with Gasteiger partial charge >= 0.3 is 5.97 Å². The van der Waals surface area contributed by atoms with Gasteiger partial charge in [-0.1, -0.05) is 12.1 Å². The fourth-order valence-corrected chi connectivity index (χ4v) is 2.49. The summed E-state index contributed by atoms with van der Waals surface area (Å²) in [4.78, 5) is 26.6. The van der Waals surface area contributed by atoms with Gasteiger partial charge in [0.15, 0.2) is 0 Å². The Hall–Kier alpha value is -3.20. The molecule has 0 bridgehead atoms. The molecule has 128 valence electrons. The first kappa shape index (κ1) is 18.1. The van der Waals surface area contributed by atoms with Crippen LogP contribution in [0.15, 0.2) is 30.3 Å². The largest absolute Gasteiger partial charge is 0.506 e. The predicted octanol–water partition coefficient (Wildman–Crippen LogP) is 3.00. The summed E-state index contributed by atoms with van der Waals surface area (Å²) in [7, 11) is 0. The summed E-state index contributed by atoms with van der Waals surface area (Å²) in [5.41, 5.74) is 3.13. The lowest BCUT2D eigenvalue weighted by atomic mass is 9.99. The van der Waals surface area contributed by atoms with E-state index in [-0.39, 0.29) is 37.2 Å². The molecule has 0 atom stereocenters. The van der Waals surface area contributed by atoms with Gasteiger partial charge in [-0.15, -0.1) is 0 Å². The highest BCUT2D eigenvalue weighted by molar-refractivity contribution is 5.82. The maximum Gasteiger partial charge on any atom is 0.303 e. The summed E-state index contributed by atoms with van der Waals surface area (Å²) in [6.45, 7) is 1.83. The number of pyridine rings is 1. The minimum Gasteiger partial charge on any atom is -0.506 e. The zero-order valence-corrected chi connectivity index (χ0v) is 13.8. The number of carboxylic acids is 1. The van der Waals surface area contributed by atoms with Gasteiger partial charge in [-0.3, -0.25) is 9.59 Å². The van der Waals surface area contributed by atoms with Crippen molar-refractivity contribution in [1.29, 1.82) is 5.26 Å². The molecule has 0 aliphatic carbocycles. The minimum atomic E-state index is -1.01. The van der Waals surface area contributed by atoms with Crippen molar-refractivity contribution in [2.45, 2.75) is 32.6 Å². The summed E-state index contributed by atoms with van der Waals surface area (Å²) < 4.78 is 0. The van der Waals surface area contributed by atoms with Gasteiger partial charge in [-0.25, -0.2) is 4.98 Å². The van der Waals surface area contributed by atoms with Crippen molar-refractivity contribution < 1.29 is 19.8 Å². The number of nitrogens with zero attached hydrogens (tertiary/aromatic N) is 2. The van der Waals surface area contributed by atoms with Gasteiger partial charge in [0, 0.05) is 24.8 Å². The van der Waals surface area contributed by atoms with Crippen LogP contribution in [0.2, 0.25) is 0 Å². The number of aryl methyl sites for hydroxylation is 1. The van der Waals surface area contributed by atoms with Gasteiger partial charge < -0.3 is 10.2 Å². The normalized spacial score (nSPS) is 10.2. The van der Waals surface area contributed by atoms with Crippen LogP contribution in [0.4, 0.5) is 0 Å². The van der Waals surface area contributed by atoms with Gasteiger partial charge in [0.1, 0.15) is 11.5 Å². The number of carboxylic acid groups (broad SMARTS) is 1. The van der Waals surface area contributed by atoms with Crippen LogP contribution in [0, 0.1) is 18.3 Å². The van der Waals surface area contributed by atoms with Crippen molar-refractivity contribution in [3.63, 3.8) is 0 Å². The Morgan fingerprint density at radius 3 is 2.60 bits per heavy atom. The number of hydrogen-bond acceptors (Lipinski definition) is 5. The number of rotatable bonds is 7. The van der Waals surface area contributed by atoms with E-state index in [0.29, 0.717) is 17.0 Å². The average Bonchev–Trinajstić information content (AvgIpc) is 2.59. The molecule has 1 heterocycles. The number of nitriles is 1. The van der Waals surface area contributed by atoms with Gasteiger partial charge in [-0.05, 0) is 30.7 Å². The van der Waals surface area contributed by atoms with Crippen molar-refractivity contribution in [3.05, 3.63) is 47.2 Å². The molecule has 0 aliphatic rings. The summed E-state index contributed by atoms with van der Waals surface area (Å²) in [5, 5.41) is 27.7. The van der Waals surface area contributed by atoms with Crippen LogP contribution in [-0.4, -0.2) is 26.9 Å². The third-order valence-corrected chi connectivity index (χ3v) is 3.94. The molecule has 6 nitrogen and oxygen atoms in total. The van der Waals surface area contributed by atoms with E-state index in [9.17, 15) is 14.7 Å². The number of aromatic hydroxyl groups is 1. The van der Waals surface area contributed by atoms with Crippen LogP contribution < -0.4 is 0 Å². The lowest BCUT2D eigenvalue weighted by Crippen LogP contribution is -2.05. The molecule has 1 aromatic heterocycles. The Kier molecular flexibility index (Phi) is 5.85. The van der Waals surface area contributed by atoms with E-state index in [4.69, 9.17) is 10.4 Å². The van der Waals surface area contributed by atoms with Crippen molar-refractivity contribution in [3.8, 4) is 23.1 Å². The first-order chi connectivity index (χ1) is 11.9.